The molecule has 1 unspecified atom stereocenters. The molecule has 9 heteroatoms. The van der Waals surface area contributed by atoms with Crippen LogP contribution in [0.4, 0.5) is 14.5 Å². The zero-order valence-corrected chi connectivity index (χ0v) is 18.1. The number of carbonyl (C=O) groups excluding carboxylic acids is 2. The molecule has 7 nitrogen and oxygen atoms in total. The molecular weight excluding hydrogens is 446 g/mol. The number of ether oxygens (including phenoxy) is 3. The van der Waals surface area contributed by atoms with E-state index in [1.807, 2.05) is 0 Å². The number of nitrogens with zero attached hydrogens (tertiary/aromatic N) is 1. The van der Waals surface area contributed by atoms with Crippen LogP contribution in [0.3, 0.4) is 0 Å². The molecule has 3 aromatic rings. The highest BCUT2D eigenvalue weighted by atomic mass is 19.1. The van der Waals surface area contributed by atoms with Crippen molar-refractivity contribution in [3.63, 3.8) is 0 Å². The Hall–Kier alpha value is -4.14. The van der Waals surface area contributed by atoms with Crippen LogP contribution in [0.1, 0.15) is 28.4 Å². The second kappa shape index (κ2) is 8.66. The van der Waals surface area contributed by atoms with Gasteiger partial charge in [-0.1, -0.05) is 0 Å². The van der Waals surface area contributed by atoms with Crippen molar-refractivity contribution in [1.29, 1.82) is 0 Å². The summed E-state index contributed by atoms with van der Waals surface area (Å²) < 4.78 is 43.7. The lowest BCUT2D eigenvalue weighted by atomic mass is 10.1. The molecule has 0 aliphatic carbocycles. The second-order valence-electron chi connectivity index (χ2n) is 8.08. The number of anilines is 1. The lowest BCUT2D eigenvalue weighted by molar-refractivity contribution is -0.138. The highest BCUT2D eigenvalue weighted by Gasteiger charge is 2.28. The van der Waals surface area contributed by atoms with E-state index in [1.165, 1.54) is 17.0 Å². The van der Waals surface area contributed by atoms with E-state index in [0.717, 1.165) is 6.07 Å². The van der Waals surface area contributed by atoms with E-state index in [2.05, 4.69) is 5.32 Å². The first-order valence-electron chi connectivity index (χ1n) is 10.6. The fraction of sp³-hybridized carbons (Fsp3) is 0.200. The van der Waals surface area contributed by atoms with Gasteiger partial charge in [-0.2, -0.15) is 0 Å². The number of rotatable bonds is 4. The summed E-state index contributed by atoms with van der Waals surface area (Å²) in [5, 5.41) is 2.83. The van der Waals surface area contributed by atoms with Crippen LogP contribution in [0.25, 0.3) is 0 Å². The topological polar surface area (TPSA) is 77.1 Å². The lowest BCUT2D eigenvalue weighted by Gasteiger charge is -2.22. The zero-order valence-electron chi connectivity index (χ0n) is 18.1. The Bertz CT molecular complexity index is 1280. The van der Waals surface area contributed by atoms with E-state index >= 15 is 0 Å². The van der Waals surface area contributed by atoms with Crippen LogP contribution in [-0.2, 0) is 17.9 Å². The molecule has 0 fully saturated rings. The smallest absolute Gasteiger partial charge is 0.263 e. The van der Waals surface area contributed by atoms with Crippen molar-refractivity contribution in [3.8, 4) is 17.2 Å². The number of amides is 2. The van der Waals surface area contributed by atoms with Crippen molar-refractivity contribution in [2.45, 2.75) is 26.1 Å². The van der Waals surface area contributed by atoms with Gasteiger partial charge in [-0.15, -0.1) is 0 Å². The molecule has 2 amide bonds. The Morgan fingerprint density at radius 1 is 1.00 bits per heavy atom. The van der Waals surface area contributed by atoms with Gasteiger partial charge in [0.1, 0.15) is 17.4 Å². The highest BCUT2D eigenvalue weighted by Crippen LogP contribution is 2.33. The maximum Gasteiger partial charge on any atom is 0.263 e. The summed E-state index contributed by atoms with van der Waals surface area (Å²) in [6.07, 6.45) is -0.784. The minimum Gasteiger partial charge on any atom is -0.481 e. The van der Waals surface area contributed by atoms with Crippen LogP contribution in [0.15, 0.2) is 54.6 Å². The number of benzene rings is 3. The lowest BCUT2D eigenvalue weighted by Crippen LogP contribution is -2.37. The van der Waals surface area contributed by atoms with Crippen molar-refractivity contribution in [2.75, 3.05) is 12.1 Å². The maximum absolute atomic E-state index is 13.6. The fourth-order valence-corrected chi connectivity index (χ4v) is 3.97. The molecule has 174 valence electrons. The van der Waals surface area contributed by atoms with Gasteiger partial charge in [-0.05, 0) is 61.0 Å². The molecule has 0 radical (unpaired) electrons. The molecule has 1 N–H and O–H groups in total. The first kappa shape index (κ1) is 21.7. The molecule has 2 heterocycles. The summed E-state index contributed by atoms with van der Waals surface area (Å²) in [6, 6.07) is 13.1. The molecule has 0 spiro atoms. The summed E-state index contributed by atoms with van der Waals surface area (Å²) >= 11 is 0. The predicted octanol–water partition coefficient (Wildman–Crippen LogP) is 4.26. The average Bonchev–Trinajstić information content (AvgIpc) is 3.23. The van der Waals surface area contributed by atoms with Crippen LogP contribution in [0, 0.1) is 11.6 Å². The van der Waals surface area contributed by atoms with Gasteiger partial charge in [0.2, 0.25) is 6.79 Å². The van der Waals surface area contributed by atoms with E-state index in [0.29, 0.717) is 39.6 Å². The van der Waals surface area contributed by atoms with Gasteiger partial charge >= 0.3 is 0 Å². The standard InChI is InChI=1S/C25H20F2N2O5/c1-14-25(31)29(11-15-6-18(26)10-19(27)7-15)12-17-8-20(3-5-21(17)34-14)28-24(30)16-2-4-22-23(9-16)33-13-32-22/h2-10,14H,11-13H2,1H3,(H,28,30). The molecule has 3 aromatic carbocycles. The van der Waals surface area contributed by atoms with Gasteiger partial charge in [0.25, 0.3) is 11.8 Å². The largest absolute Gasteiger partial charge is 0.481 e. The molecule has 0 saturated heterocycles. The Kier molecular flexibility index (Phi) is 5.53. The highest BCUT2D eigenvalue weighted by molar-refractivity contribution is 6.04. The fourth-order valence-electron chi connectivity index (χ4n) is 3.97. The number of hydrogen-bond acceptors (Lipinski definition) is 5. The van der Waals surface area contributed by atoms with Crippen LogP contribution in [0.5, 0.6) is 17.2 Å². The summed E-state index contributed by atoms with van der Waals surface area (Å²) in [5.41, 5.74) is 1.88. The quantitative estimate of drug-likeness (QED) is 0.622. The second-order valence-corrected chi connectivity index (χ2v) is 8.08. The van der Waals surface area contributed by atoms with Crippen LogP contribution >= 0.6 is 0 Å². The van der Waals surface area contributed by atoms with Crippen LogP contribution in [0.2, 0.25) is 0 Å². The average molecular weight is 466 g/mol. The Labute approximate surface area is 193 Å². The SMILES string of the molecule is CC1Oc2ccc(NC(=O)c3ccc4c(c3)OCO4)cc2CN(Cc2cc(F)cc(F)c2)C1=O. The van der Waals surface area contributed by atoms with Gasteiger partial charge in [-0.3, -0.25) is 9.59 Å². The molecule has 0 bridgehead atoms. The molecule has 0 aromatic heterocycles. The molecule has 2 aliphatic heterocycles. The third kappa shape index (κ3) is 4.36. The third-order valence-corrected chi connectivity index (χ3v) is 5.57. The monoisotopic (exact) mass is 466 g/mol. The van der Waals surface area contributed by atoms with Crippen molar-refractivity contribution >= 4 is 17.5 Å². The van der Waals surface area contributed by atoms with E-state index in [1.54, 1.807) is 43.3 Å². The zero-order chi connectivity index (χ0) is 23.8. The van der Waals surface area contributed by atoms with Crippen LogP contribution in [-0.4, -0.2) is 29.6 Å². The molecule has 34 heavy (non-hydrogen) atoms. The Morgan fingerprint density at radius 2 is 1.74 bits per heavy atom. The van der Waals surface area contributed by atoms with Gasteiger partial charge in [0.15, 0.2) is 17.6 Å². The first-order valence-corrected chi connectivity index (χ1v) is 10.6. The van der Waals surface area contributed by atoms with E-state index in [-0.39, 0.29) is 31.7 Å². The van der Waals surface area contributed by atoms with Crippen molar-refractivity contribution in [3.05, 3.63) is 82.9 Å². The van der Waals surface area contributed by atoms with E-state index in [9.17, 15) is 18.4 Å². The number of nitrogens with one attached hydrogen (secondary N) is 1. The minimum absolute atomic E-state index is 0.00837. The third-order valence-electron chi connectivity index (χ3n) is 5.57. The van der Waals surface area contributed by atoms with Crippen LogP contribution < -0.4 is 19.5 Å². The predicted molar refractivity (Wildman–Crippen MR) is 118 cm³/mol. The van der Waals surface area contributed by atoms with Crippen molar-refractivity contribution < 1.29 is 32.6 Å². The minimum atomic E-state index is -0.784. The summed E-state index contributed by atoms with van der Waals surface area (Å²) in [7, 11) is 0. The number of carbonyl (C=O) groups is 2. The van der Waals surface area contributed by atoms with Gasteiger partial charge in [0, 0.05) is 36.0 Å². The number of fused-ring (bicyclic) bond motifs is 2. The Morgan fingerprint density at radius 3 is 2.53 bits per heavy atom. The van der Waals surface area contributed by atoms with E-state index in [4.69, 9.17) is 14.2 Å². The van der Waals surface area contributed by atoms with E-state index < -0.39 is 17.7 Å². The summed E-state index contributed by atoms with van der Waals surface area (Å²) in [6.45, 7) is 1.88. The molecule has 1 atom stereocenters. The van der Waals surface area contributed by atoms with Crippen molar-refractivity contribution in [2.24, 2.45) is 0 Å². The van der Waals surface area contributed by atoms with Gasteiger partial charge < -0.3 is 24.4 Å². The van der Waals surface area contributed by atoms with Crippen molar-refractivity contribution in [1.82, 2.24) is 4.90 Å². The normalized spacial score (nSPS) is 16.5. The molecule has 5 rings (SSSR count). The number of hydrogen-bond donors (Lipinski definition) is 1. The summed E-state index contributed by atoms with van der Waals surface area (Å²) in [5.74, 6) is -0.507. The van der Waals surface area contributed by atoms with Gasteiger partial charge in [0.05, 0.1) is 0 Å². The molecule has 2 aliphatic rings. The maximum atomic E-state index is 13.6. The molecular formula is C25H20F2N2O5. The molecule has 0 saturated carbocycles. The summed E-state index contributed by atoms with van der Waals surface area (Å²) in [4.78, 5) is 27.1. The van der Waals surface area contributed by atoms with Gasteiger partial charge in [-0.25, -0.2) is 8.78 Å². The first-order chi connectivity index (χ1) is 16.4. The Balaban J connectivity index is 1.37. The number of halogens is 2.